The Labute approximate surface area is 121 Å². The van der Waals surface area contributed by atoms with Crippen molar-refractivity contribution in [1.29, 1.82) is 0 Å². The Kier molecular flexibility index (Phi) is 3.36. The molecule has 0 N–H and O–H groups in total. The van der Waals surface area contributed by atoms with Gasteiger partial charge in [-0.25, -0.2) is 0 Å². The van der Waals surface area contributed by atoms with Crippen LogP contribution in [0.15, 0.2) is 24.4 Å². The van der Waals surface area contributed by atoms with Crippen LogP contribution in [-0.2, 0) is 9.52 Å². The molecule has 20 heavy (non-hydrogen) atoms. The predicted octanol–water partition coefficient (Wildman–Crippen LogP) is 3.21. The molecule has 0 bridgehead atoms. The maximum Gasteiger partial charge on any atom is 0.0688 e. The van der Waals surface area contributed by atoms with Crippen LogP contribution in [0.3, 0.4) is 0 Å². The molecule has 0 spiro atoms. The first-order chi connectivity index (χ1) is 9.46. The Morgan fingerprint density at radius 1 is 1.35 bits per heavy atom. The van der Waals surface area contributed by atoms with Crippen LogP contribution in [-0.4, -0.2) is 31.4 Å². The first kappa shape index (κ1) is 13.7. The van der Waals surface area contributed by atoms with Crippen molar-refractivity contribution in [2.24, 2.45) is 0 Å². The summed E-state index contributed by atoms with van der Waals surface area (Å²) >= 11 is 0. The van der Waals surface area contributed by atoms with Gasteiger partial charge in [0.1, 0.15) is 0 Å². The van der Waals surface area contributed by atoms with Crippen LogP contribution < -0.4 is 0 Å². The van der Waals surface area contributed by atoms with Gasteiger partial charge >= 0.3 is 0 Å². The molecule has 1 aliphatic heterocycles. The predicted molar refractivity (Wildman–Crippen MR) is 87.1 cm³/mol. The van der Waals surface area contributed by atoms with Crippen molar-refractivity contribution in [3.8, 4) is 0 Å². The number of hydrogen-bond acceptors (Lipinski definition) is 2. The van der Waals surface area contributed by atoms with Crippen molar-refractivity contribution >= 4 is 26.3 Å². The highest BCUT2D eigenvalue weighted by atomic mass is 32.2. The number of nitrogens with zero attached hydrogens (tertiary/aromatic N) is 2. The second-order valence-corrected chi connectivity index (χ2v) is 8.92. The monoisotopic (exact) mass is 290 g/mol. The summed E-state index contributed by atoms with van der Waals surface area (Å²) in [5.41, 5.74) is 2.55. The highest BCUT2D eigenvalue weighted by molar-refractivity contribution is 8.00. The second-order valence-electron chi connectivity index (χ2n) is 6.17. The highest BCUT2D eigenvalue weighted by Crippen LogP contribution is 2.29. The summed E-state index contributed by atoms with van der Waals surface area (Å²) in [5, 5.41) is 5.76. The number of aromatic nitrogens is 2. The molecule has 0 amide bonds. The van der Waals surface area contributed by atoms with Gasteiger partial charge in [-0.05, 0) is 45.8 Å². The molecular formula is C16H22N2OS. The second kappa shape index (κ2) is 4.92. The summed E-state index contributed by atoms with van der Waals surface area (Å²) in [4.78, 5) is 0. The molecule has 0 radical (unpaired) electrons. The fraction of sp³-hybridized carbons (Fsp3) is 0.500. The average Bonchev–Trinajstić information content (AvgIpc) is 2.81. The van der Waals surface area contributed by atoms with Crippen molar-refractivity contribution in [3.05, 3.63) is 30.0 Å². The Balaban J connectivity index is 1.97. The lowest BCUT2D eigenvalue weighted by atomic mass is 10.0. The number of benzene rings is 1. The van der Waals surface area contributed by atoms with Crippen molar-refractivity contribution in [2.75, 3.05) is 11.5 Å². The van der Waals surface area contributed by atoms with Gasteiger partial charge < -0.3 is 0 Å². The topological polar surface area (TPSA) is 34.9 Å². The Bertz CT molecular complexity index is 714. The van der Waals surface area contributed by atoms with E-state index in [9.17, 15) is 4.21 Å². The maximum atomic E-state index is 12.0. The zero-order valence-electron chi connectivity index (χ0n) is 12.2. The van der Waals surface area contributed by atoms with Gasteiger partial charge in [0, 0.05) is 16.9 Å². The molecule has 1 aliphatic rings. The SMILES string of the molecule is C=S1(=O)CCC(n2ncc3ccc(C(C)C)cc32)CC1. The minimum absolute atomic E-state index is 0.367. The Morgan fingerprint density at radius 2 is 2.05 bits per heavy atom. The van der Waals surface area contributed by atoms with E-state index in [4.69, 9.17) is 0 Å². The van der Waals surface area contributed by atoms with Crippen LogP contribution in [0.4, 0.5) is 0 Å². The summed E-state index contributed by atoms with van der Waals surface area (Å²) in [5.74, 6) is 5.81. The summed E-state index contributed by atoms with van der Waals surface area (Å²) in [6, 6.07) is 6.96. The van der Waals surface area contributed by atoms with Gasteiger partial charge in [0.15, 0.2) is 0 Å². The first-order valence-corrected chi connectivity index (χ1v) is 9.32. The van der Waals surface area contributed by atoms with Crippen molar-refractivity contribution < 1.29 is 4.21 Å². The van der Waals surface area contributed by atoms with Gasteiger partial charge in [0.2, 0.25) is 0 Å². The lowest BCUT2D eigenvalue weighted by Crippen LogP contribution is -2.25. The Morgan fingerprint density at radius 3 is 2.70 bits per heavy atom. The van der Waals surface area contributed by atoms with Gasteiger partial charge in [-0.2, -0.15) is 5.10 Å². The summed E-state index contributed by atoms with van der Waals surface area (Å²) in [6.07, 6.45) is 3.78. The molecule has 0 atom stereocenters. The fourth-order valence-electron chi connectivity index (χ4n) is 2.90. The molecule has 1 saturated heterocycles. The average molecular weight is 290 g/mol. The highest BCUT2D eigenvalue weighted by Gasteiger charge is 2.23. The normalized spacial score (nSPS) is 27.2. The third kappa shape index (κ3) is 2.49. The van der Waals surface area contributed by atoms with Crippen molar-refractivity contribution in [3.63, 3.8) is 0 Å². The number of hydrogen-bond donors (Lipinski definition) is 0. The molecule has 2 aromatic rings. The third-order valence-electron chi connectivity index (χ3n) is 4.28. The van der Waals surface area contributed by atoms with E-state index in [1.807, 2.05) is 6.20 Å². The van der Waals surface area contributed by atoms with E-state index in [-0.39, 0.29) is 0 Å². The summed E-state index contributed by atoms with van der Waals surface area (Å²) in [7, 11) is -1.82. The quantitative estimate of drug-likeness (QED) is 0.796. The molecule has 4 heteroatoms. The number of fused-ring (bicyclic) bond motifs is 1. The molecule has 3 rings (SSSR count). The van der Waals surface area contributed by atoms with E-state index in [0.29, 0.717) is 12.0 Å². The smallest absolute Gasteiger partial charge is 0.0688 e. The molecule has 0 aliphatic carbocycles. The molecule has 108 valence electrons. The Hall–Kier alpha value is -1.29. The number of rotatable bonds is 2. The van der Waals surface area contributed by atoms with Crippen LogP contribution in [0.1, 0.15) is 44.2 Å². The van der Waals surface area contributed by atoms with Gasteiger partial charge in [0.05, 0.1) is 17.8 Å². The van der Waals surface area contributed by atoms with E-state index < -0.39 is 9.52 Å². The van der Waals surface area contributed by atoms with E-state index in [2.05, 4.69) is 47.7 Å². The largest absolute Gasteiger partial charge is 0.268 e. The fourth-order valence-corrected chi connectivity index (χ4v) is 4.50. The van der Waals surface area contributed by atoms with Crippen molar-refractivity contribution in [1.82, 2.24) is 9.78 Å². The molecule has 2 heterocycles. The molecule has 0 saturated carbocycles. The van der Waals surface area contributed by atoms with Gasteiger partial charge in [-0.1, -0.05) is 26.0 Å². The molecular weight excluding hydrogens is 268 g/mol. The summed E-state index contributed by atoms with van der Waals surface area (Å²) < 4.78 is 14.1. The minimum Gasteiger partial charge on any atom is -0.268 e. The standard InChI is InChI=1S/C16H22N2OS/c1-12(2)13-4-5-14-11-17-18(16(14)10-13)15-6-8-20(3,19)9-7-15/h4-5,10-12,15H,3,6-9H2,1-2H3. The molecule has 3 nitrogen and oxygen atoms in total. The van der Waals surface area contributed by atoms with E-state index in [1.54, 1.807) is 0 Å². The van der Waals surface area contributed by atoms with Crippen LogP contribution >= 0.6 is 0 Å². The van der Waals surface area contributed by atoms with Crippen molar-refractivity contribution in [2.45, 2.75) is 38.6 Å². The summed E-state index contributed by atoms with van der Waals surface area (Å²) in [6.45, 7) is 4.42. The lowest BCUT2D eigenvalue weighted by Gasteiger charge is -2.25. The molecule has 1 aromatic heterocycles. The maximum absolute atomic E-state index is 12.0. The molecule has 0 unspecified atom stereocenters. The van der Waals surface area contributed by atoms with Crippen LogP contribution in [0.25, 0.3) is 10.9 Å². The molecule has 1 aromatic carbocycles. The first-order valence-electron chi connectivity index (χ1n) is 7.26. The third-order valence-corrected chi connectivity index (χ3v) is 6.24. The van der Waals surface area contributed by atoms with Crippen LogP contribution in [0, 0.1) is 0 Å². The van der Waals surface area contributed by atoms with E-state index in [0.717, 1.165) is 24.3 Å². The lowest BCUT2D eigenvalue weighted by molar-refractivity contribution is 0.433. The van der Waals surface area contributed by atoms with Gasteiger partial charge in [-0.3, -0.25) is 8.89 Å². The van der Waals surface area contributed by atoms with Gasteiger partial charge in [0.25, 0.3) is 0 Å². The van der Waals surface area contributed by atoms with E-state index >= 15 is 0 Å². The zero-order chi connectivity index (χ0) is 14.3. The van der Waals surface area contributed by atoms with Gasteiger partial charge in [-0.15, -0.1) is 0 Å². The van der Waals surface area contributed by atoms with Crippen LogP contribution in [0.5, 0.6) is 0 Å². The van der Waals surface area contributed by atoms with E-state index in [1.165, 1.54) is 16.5 Å². The minimum atomic E-state index is -1.82. The van der Waals surface area contributed by atoms with Crippen LogP contribution in [0.2, 0.25) is 0 Å². The zero-order valence-corrected chi connectivity index (χ0v) is 13.0. The molecule has 1 fully saturated rings.